The average molecular weight is 641 g/mol. The molecule has 0 radical (unpaired) electrons. The predicted octanol–water partition coefficient (Wildman–Crippen LogP) is 9.20. The summed E-state index contributed by atoms with van der Waals surface area (Å²) in [6.07, 6.45) is 41.9. The Bertz CT molecular complexity index is 1240. The molecule has 2 aliphatic heterocycles. The maximum Gasteiger partial charge on any atom is 0.0405 e. The molecule has 242 valence electrons. The molecule has 8 saturated carbocycles. The second-order valence-corrected chi connectivity index (χ2v) is 22.3. The number of rotatable bonds is 7. The van der Waals surface area contributed by atoms with Gasteiger partial charge in [-0.3, -0.25) is 0 Å². The van der Waals surface area contributed by atoms with Crippen molar-refractivity contribution in [2.45, 2.75) is 137 Å². The molecule has 8 bridgehead atoms. The Balaban J connectivity index is 1.10. The monoisotopic (exact) mass is 640 g/mol. The van der Waals surface area contributed by atoms with Gasteiger partial charge in [-0.25, -0.2) is 0 Å². The molecule has 2 saturated heterocycles. The van der Waals surface area contributed by atoms with E-state index in [1.807, 2.05) is 0 Å². The lowest BCUT2D eigenvalue weighted by Gasteiger charge is -2.68. The summed E-state index contributed by atoms with van der Waals surface area (Å²) in [6, 6.07) is 1.12. The van der Waals surface area contributed by atoms with Gasteiger partial charge in [-0.1, -0.05) is 44.4 Å². The van der Waals surface area contributed by atoms with E-state index in [-0.39, 0.29) is 13.1 Å². The molecule has 10 fully saturated rings. The minimum Gasteiger partial charge on any atom is -0.313 e. The van der Waals surface area contributed by atoms with Crippen molar-refractivity contribution >= 4 is 17.2 Å². The van der Waals surface area contributed by atoms with Gasteiger partial charge < -0.3 is 10.6 Å². The van der Waals surface area contributed by atoms with Crippen LogP contribution in [0.15, 0.2) is 58.7 Å². The summed E-state index contributed by atoms with van der Waals surface area (Å²) >= 11 is 0. The van der Waals surface area contributed by atoms with Crippen LogP contribution in [0.2, 0.25) is 0 Å². The third kappa shape index (κ3) is 4.75. The summed E-state index contributed by atoms with van der Waals surface area (Å²) in [5.74, 6) is 6.37. The maximum atomic E-state index is 4.07. The smallest absolute Gasteiger partial charge is 0.0405 e. The normalized spacial score (nSPS) is 49.5. The zero-order valence-corrected chi connectivity index (χ0v) is 29.8. The molecule has 2 nitrogen and oxygen atoms in total. The van der Waals surface area contributed by atoms with Crippen molar-refractivity contribution in [3.8, 4) is 0 Å². The molecule has 0 aromatic rings. The van der Waals surface area contributed by atoms with Gasteiger partial charge in [0.2, 0.25) is 0 Å². The number of allylic oxidation sites excluding steroid dienone is 9. The molecule has 3 atom stereocenters. The van der Waals surface area contributed by atoms with Crippen LogP contribution in [0.4, 0.5) is 0 Å². The molecule has 0 aromatic carbocycles. The van der Waals surface area contributed by atoms with E-state index in [2.05, 4.69) is 56.3 Å². The molecule has 4 heteroatoms. The zero-order valence-electron chi connectivity index (χ0n) is 27.7. The molecule has 0 amide bonds. The first-order chi connectivity index (χ1) is 22.0. The van der Waals surface area contributed by atoms with Crippen LogP contribution in [-0.2, 0) is 0 Å². The average Bonchev–Trinajstić information content (AvgIpc) is 3.82. The van der Waals surface area contributed by atoms with E-state index < -0.39 is 0 Å². The van der Waals surface area contributed by atoms with Crippen molar-refractivity contribution < 1.29 is 0 Å². The number of nitrogens with one attached hydrogen (secondary N) is 2. The summed E-state index contributed by atoms with van der Waals surface area (Å²) < 4.78 is 0. The van der Waals surface area contributed by atoms with Crippen LogP contribution in [0, 0.1) is 35.5 Å². The van der Waals surface area contributed by atoms with Crippen molar-refractivity contribution in [2.24, 2.45) is 35.5 Å². The summed E-state index contributed by atoms with van der Waals surface area (Å²) in [6.45, 7) is 2.38. The first-order valence-corrected chi connectivity index (χ1v) is 21.6. The van der Waals surface area contributed by atoms with Crippen molar-refractivity contribution in [3.63, 3.8) is 0 Å². The summed E-state index contributed by atoms with van der Waals surface area (Å²) in [7, 11) is 3.52. The molecule has 3 unspecified atom stereocenters. The van der Waals surface area contributed by atoms with Crippen LogP contribution in [0.1, 0.15) is 109 Å². The summed E-state index contributed by atoms with van der Waals surface area (Å²) in [4.78, 5) is 0. The summed E-state index contributed by atoms with van der Waals surface area (Å²) in [5.41, 5.74) is 6.63. The molecule has 10 aliphatic carbocycles. The molecule has 12 aliphatic rings. The second kappa shape index (κ2) is 11.0. The molecule has 45 heavy (non-hydrogen) atoms. The van der Waals surface area contributed by atoms with Gasteiger partial charge in [-0.05, 0) is 197 Å². The molecule has 0 aromatic heterocycles. The van der Waals surface area contributed by atoms with Crippen LogP contribution in [0.3, 0.4) is 0 Å². The first kappa shape index (κ1) is 29.4. The van der Waals surface area contributed by atoms with Gasteiger partial charge in [0.1, 0.15) is 0 Å². The highest BCUT2D eigenvalue weighted by Gasteiger charge is 2.63. The van der Waals surface area contributed by atoms with E-state index in [4.69, 9.17) is 0 Å². The van der Waals surface area contributed by atoms with Gasteiger partial charge in [0.05, 0.1) is 0 Å². The Labute approximate surface area is 277 Å². The minimum atomic E-state index is -0.0683. The molecule has 2 heterocycles. The highest BCUT2D eigenvalue weighted by molar-refractivity contribution is 7.61. The van der Waals surface area contributed by atoms with Gasteiger partial charge in [-0.15, -0.1) is 9.24 Å². The topological polar surface area (TPSA) is 24.1 Å². The molecule has 12 rings (SSSR count). The van der Waals surface area contributed by atoms with E-state index >= 15 is 0 Å². The third-order valence-corrected chi connectivity index (χ3v) is 20.6. The third-order valence-electron chi connectivity index (χ3n) is 15.5. The Morgan fingerprint density at radius 1 is 0.711 bits per heavy atom. The molecule has 2 N–H and O–H groups in total. The van der Waals surface area contributed by atoms with Crippen LogP contribution in [0.5, 0.6) is 0 Å². The fourth-order valence-electron chi connectivity index (χ4n) is 14.6. The second-order valence-electron chi connectivity index (χ2n) is 18.3. The van der Waals surface area contributed by atoms with Crippen molar-refractivity contribution in [1.29, 1.82) is 0 Å². The van der Waals surface area contributed by atoms with Gasteiger partial charge >= 0.3 is 0 Å². The zero-order chi connectivity index (χ0) is 29.8. The van der Waals surface area contributed by atoms with E-state index in [9.17, 15) is 0 Å². The summed E-state index contributed by atoms with van der Waals surface area (Å²) in [5, 5.41) is 9.60. The van der Waals surface area contributed by atoms with E-state index in [1.165, 1.54) is 44.9 Å². The van der Waals surface area contributed by atoms with Gasteiger partial charge in [0.25, 0.3) is 0 Å². The lowest BCUT2D eigenvalue weighted by atomic mass is 9.55. The number of hydrogen-bond donors (Lipinski definition) is 2. The first-order valence-electron chi connectivity index (χ1n) is 19.5. The predicted molar refractivity (Wildman–Crippen MR) is 194 cm³/mol. The Kier molecular flexibility index (Phi) is 7.18. The van der Waals surface area contributed by atoms with Crippen molar-refractivity contribution in [3.05, 3.63) is 58.7 Å². The fraction of sp³-hybridized carbons (Fsp3) is 0.756. The SMILES string of the molecule is PC(C1=CC(=C2C=CC=CC2)C=C1CP(C12CC3CC(CC(C3)C1)C2)C12CC3CC(CC(C3)C1)C2)(C1CCCN1)C1CCCN1. The number of hydrogen-bond acceptors (Lipinski definition) is 2. The van der Waals surface area contributed by atoms with Gasteiger partial charge in [0, 0.05) is 17.2 Å². The lowest BCUT2D eigenvalue weighted by Crippen LogP contribution is -2.57. The van der Waals surface area contributed by atoms with Crippen LogP contribution < -0.4 is 10.6 Å². The Morgan fingerprint density at radius 3 is 1.64 bits per heavy atom. The van der Waals surface area contributed by atoms with Crippen LogP contribution in [0.25, 0.3) is 0 Å². The molecule has 0 spiro atoms. The van der Waals surface area contributed by atoms with Crippen LogP contribution >= 0.6 is 17.2 Å². The largest absolute Gasteiger partial charge is 0.313 e. The molecular weight excluding hydrogens is 582 g/mol. The molecular formula is C41H58N2P2. The van der Waals surface area contributed by atoms with E-state index in [0.29, 0.717) is 22.4 Å². The minimum absolute atomic E-state index is 0.0683. The van der Waals surface area contributed by atoms with E-state index in [0.717, 1.165) is 41.9 Å². The quantitative estimate of drug-likeness (QED) is 0.271. The van der Waals surface area contributed by atoms with Gasteiger partial charge in [0.15, 0.2) is 0 Å². The maximum absolute atomic E-state index is 4.07. The highest BCUT2D eigenvalue weighted by atomic mass is 31.1. The van der Waals surface area contributed by atoms with Gasteiger partial charge in [-0.2, -0.15) is 0 Å². The van der Waals surface area contributed by atoms with Crippen LogP contribution in [-0.4, -0.2) is 46.8 Å². The highest BCUT2D eigenvalue weighted by Crippen LogP contribution is 2.79. The standard InChI is InChI=1S/C41H58N2P2/c44-41(37-8-4-10-42-37,38-9-5-11-43-38)36-19-34(33-6-2-1-3-7-33)18-35(36)26-45(39-20-27-12-28(21-39)14-29(13-27)22-39)40-23-30-15-31(24-40)17-32(16-30)25-40/h1-3,6,18-19,27-32,37-38,42-43H,4-5,7-17,20-26,44H2. The van der Waals surface area contributed by atoms with Crippen molar-refractivity contribution in [1.82, 2.24) is 10.6 Å². The Hall–Kier alpha value is -0.520. The van der Waals surface area contributed by atoms with Crippen molar-refractivity contribution in [2.75, 3.05) is 19.3 Å². The fourth-order valence-corrected chi connectivity index (χ4v) is 20.6. The lowest BCUT2D eigenvalue weighted by molar-refractivity contribution is 0.0187. The van der Waals surface area contributed by atoms with E-state index in [1.54, 1.807) is 99.3 Å². The Morgan fingerprint density at radius 2 is 1.22 bits per heavy atom.